The lowest BCUT2D eigenvalue weighted by Crippen LogP contribution is -2.51. The van der Waals surface area contributed by atoms with E-state index in [1.54, 1.807) is 0 Å². The number of carbonyl (C=O) groups is 2. The summed E-state index contributed by atoms with van der Waals surface area (Å²) in [4.78, 5) is 21.4. The van der Waals surface area contributed by atoms with Gasteiger partial charge in [-0.1, -0.05) is 0 Å². The zero-order valence-electron chi connectivity index (χ0n) is 7.24. The molecule has 0 bridgehead atoms. The second kappa shape index (κ2) is 2.25. The van der Waals surface area contributed by atoms with Gasteiger partial charge in [0.15, 0.2) is 0 Å². The highest BCUT2D eigenvalue weighted by Crippen LogP contribution is 2.66. The Labute approximate surface area is 78.7 Å². The standard InChI is InChI=1S/C8H10FNO4/c9-8(6(13)14)3-1-2-7(10,4(3)8)5(11)12/h3-4H,1-2,10H2,(H,11,12)(H,13,14)/t3?,4-,7+,8-/m1/s1. The maximum atomic E-state index is 13.6. The topological polar surface area (TPSA) is 101 Å². The van der Waals surface area contributed by atoms with Crippen LogP contribution >= 0.6 is 0 Å². The van der Waals surface area contributed by atoms with Crippen molar-refractivity contribution in [2.75, 3.05) is 0 Å². The zero-order valence-corrected chi connectivity index (χ0v) is 7.24. The SMILES string of the molecule is N[C@@]1(C(=O)O)CCC2[C@H]1[C@@]2(F)C(=O)O. The van der Waals surface area contributed by atoms with Crippen LogP contribution in [0.1, 0.15) is 12.8 Å². The number of carboxylic acid groups (broad SMARTS) is 2. The highest BCUT2D eigenvalue weighted by atomic mass is 19.1. The quantitative estimate of drug-likeness (QED) is 0.567. The summed E-state index contributed by atoms with van der Waals surface area (Å²) in [6.07, 6.45) is 0.382. The summed E-state index contributed by atoms with van der Waals surface area (Å²) in [5, 5.41) is 17.4. The van der Waals surface area contributed by atoms with Crippen LogP contribution in [0.5, 0.6) is 0 Å². The average Bonchev–Trinajstić information content (AvgIpc) is 2.50. The molecule has 0 heterocycles. The maximum Gasteiger partial charge on any atom is 0.342 e. The monoisotopic (exact) mass is 203 g/mol. The summed E-state index contributed by atoms with van der Waals surface area (Å²) in [6, 6.07) is 0. The molecule has 0 radical (unpaired) electrons. The average molecular weight is 203 g/mol. The second-order valence-corrected chi connectivity index (χ2v) is 4.04. The first-order chi connectivity index (χ1) is 6.35. The van der Waals surface area contributed by atoms with Gasteiger partial charge in [-0.05, 0) is 12.8 Å². The van der Waals surface area contributed by atoms with Gasteiger partial charge in [0.05, 0.1) is 0 Å². The van der Waals surface area contributed by atoms with Crippen LogP contribution in [0.4, 0.5) is 4.39 Å². The van der Waals surface area contributed by atoms with Gasteiger partial charge < -0.3 is 15.9 Å². The summed E-state index contributed by atoms with van der Waals surface area (Å²) < 4.78 is 13.6. The van der Waals surface area contributed by atoms with Gasteiger partial charge in [-0.25, -0.2) is 9.18 Å². The molecule has 4 atom stereocenters. The molecule has 2 rings (SSSR count). The lowest BCUT2D eigenvalue weighted by molar-refractivity contribution is -0.149. The molecule has 2 saturated carbocycles. The summed E-state index contributed by atoms with van der Waals surface area (Å²) in [6.45, 7) is 0. The van der Waals surface area contributed by atoms with Gasteiger partial charge in [-0.3, -0.25) is 4.79 Å². The molecule has 0 aromatic rings. The minimum atomic E-state index is -2.41. The number of fused-ring (bicyclic) bond motifs is 1. The van der Waals surface area contributed by atoms with Crippen LogP contribution in [0, 0.1) is 11.8 Å². The largest absolute Gasteiger partial charge is 0.480 e. The first-order valence-electron chi connectivity index (χ1n) is 4.29. The lowest BCUT2D eigenvalue weighted by atomic mass is 9.91. The summed E-state index contributed by atoms with van der Waals surface area (Å²) in [5.41, 5.74) is 1.39. The molecule has 0 amide bonds. The van der Waals surface area contributed by atoms with Gasteiger partial charge in [0.1, 0.15) is 5.54 Å². The van der Waals surface area contributed by atoms with Crippen molar-refractivity contribution in [3.05, 3.63) is 0 Å². The summed E-state index contributed by atoms with van der Waals surface area (Å²) in [5.74, 6) is -4.69. The van der Waals surface area contributed by atoms with Crippen LogP contribution in [0.25, 0.3) is 0 Å². The van der Waals surface area contributed by atoms with Crippen LogP contribution in [0.2, 0.25) is 0 Å². The Morgan fingerprint density at radius 1 is 1.36 bits per heavy atom. The highest BCUT2D eigenvalue weighted by molar-refractivity contribution is 5.89. The second-order valence-electron chi connectivity index (χ2n) is 4.04. The van der Waals surface area contributed by atoms with Crippen molar-refractivity contribution in [3.8, 4) is 0 Å². The Bertz CT molecular complexity index is 333. The van der Waals surface area contributed by atoms with Crippen LogP contribution in [0.3, 0.4) is 0 Å². The van der Waals surface area contributed by atoms with Crippen LogP contribution in [0.15, 0.2) is 0 Å². The van der Waals surface area contributed by atoms with Crippen molar-refractivity contribution in [1.82, 2.24) is 0 Å². The number of carboxylic acids is 2. The van der Waals surface area contributed by atoms with E-state index in [1.165, 1.54) is 0 Å². The Morgan fingerprint density at radius 2 is 1.93 bits per heavy atom. The summed E-state index contributed by atoms with van der Waals surface area (Å²) >= 11 is 0. The van der Waals surface area contributed by atoms with E-state index in [1.807, 2.05) is 0 Å². The van der Waals surface area contributed by atoms with E-state index in [2.05, 4.69) is 0 Å². The molecule has 2 aliphatic carbocycles. The van der Waals surface area contributed by atoms with Crippen LogP contribution in [-0.4, -0.2) is 33.4 Å². The maximum absolute atomic E-state index is 13.6. The molecule has 0 aliphatic heterocycles. The van der Waals surface area contributed by atoms with Gasteiger partial charge in [0, 0.05) is 11.8 Å². The van der Waals surface area contributed by atoms with Crippen LogP contribution in [-0.2, 0) is 9.59 Å². The molecule has 5 nitrogen and oxygen atoms in total. The van der Waals surface area contributed by atoms with Gasteiger partial charge in [-0.2, -0.15) is 0 Å². The molecular formula is C8H10FNO4. The number of alkyl halides is 1. The van der Waals surface area contributed by atoms with Crippen LogP contribution < -0.4 is 5.73 Å². The highest BCUT2D eigenvalue weighted by Gasteiger charge is 2.82. The number of hydrogen-bond donors (Lipinski definition) is 3. The molecule has 2 fully saturated rings. The fourth-order valence-electron chi connectivity index (χ4n) is 2.62. The van der Waals surface area contributed by atoms with Crippen molar-refractivity contribution >= 4 is 11.9 Å². The third-order valence-electron chi connectivity index (χ3n) is 3.44. The number of hydrogen-bond acceptors (Lipinski definition) is 3. The van der Waals surface area contributed by atoms with E-state index < -0.39 is 35.0 Å². The fourth-order valence-corrected chi connectivity index (χ4v) is 2.62. The van der Waals surface area contributed by atoms with Crippen molar-refractivity contribution in [1.29, 1.82) is 0 Å². The van der Waals surface area contributed by atoms with Gasteiger partial charge in [0.2, 0.25) is 5.67 Å². The first kappa shape index (κ1) is 9.39. The lowest BCUT2D eigenvalue weighted by Gasteiger charge is -2.22. The first-order valence-corrected chi connectivity index (χ1v) is 4.29. The van der Waals surface area contributed by atoms with Crippen molar-refractivity contribution in [2.24, 2.45) is 17.6 Å². The number of aliphatic carboxylic acids is 2. The minimum absolute atomic E-state index is 0.149. The Balaban J connectivity index is 2.31. The van der Waals surface area contributed by atoms with Crippen molar-refractivity contribution in [3.63, 3.8) is 0 Å². The predicted molar refractivity (Wildman–Crippen MR) is 42.2 cm³/mol. The number of halogens is 1. The molecule has 78 valence electrons. The van der Waals surface area contributed by atoms with E-state index in [0.717, 1.165) is 0 Å². The zero-order chi connectivity index (χ0) is 10.7. The molecule has 0 saturated heterocycles. The van der Waals surface area contributed by atoms with E-state index in [9.17, 15) is 14.0 Å². The van der Waals surface area contributed by atoms with E-state index in [4.69, 9.17) is 15.9 Å². The number of nitrogens with two attached hydrogens (primary N) is 1. The molecule has 6 heteroatoms. The minimum Gasteiger partial charge on any atom is -0.480 e. The Morgan fingerprint density at radius 3 is 2.29 bits per heavy atom. The molecule has 4 N–H and O–H groups in total. The van der Waals surface area contributed by atoms with Gasteiger partial charge in [0.25, 0.3) is 0 Å². The van der Waals surface area contributed by atoms with Gasteiger partial charge >= 0.3 is 11.9 Å². The van der Waals surface area contributed by atoms with Gasteiger partial charge in [-0.15, -0.1) is 0 Å². The van der Waals surface area contributed by atoms with E-state index in [-0.39, 0.29) is 12.8 Å². The smallest absolute Gasteiger partial charge is 0.342 e. The predicted octanol–water partition coefficient (Wildman–Crippen LogP) is -0.399. The molecule has 0 aromatic heterocycles. The molecule has 2 aliphatic rings. The fraction of sp³-hybridized carbons (Fsp3) is 0.750. The van der Waals surface area contributed by atoms with E-state index >= 15 is 0 Å². The Kier molecular flexibility index (Phi) is 1.51. The molecular weight excluding hydrogens is 193 g/mol. The molecule has 0 spiro atoms. The van der Waals surface area contributed by atoms with Crippen molar-refractivity contribution < 1.29 is 24.2 Å². The normalized spacial score (nSPS) is 49.9. The third-order valence-corrected chi connectivity index (χ3v) is 3.44. The third kappa shape index (κ3) is 0.771. The summed E-state index contributed by atoms with van der Waals surface area (Å²) in [7, 11) is 0. The molecule has 14 heavy (non-hydrogen) atoms. The van der Waals surface area contributed by atoms with E-state index in [0.29, 0.717) is 0 Å². The Hall–Kier alpha value is -1.17. The molecule has 0 aromatic carbocycles. The number of rotatable bonds is 2. The van der Waals surface area contributed by atoms with Crippen molar-refractivity contribution in [2.45, 2.75) is 24.0 Å². The molecule has 1 unspecified atom stereocenters.